The molecule has 0 saturated carbocycles. The van der Waals surface area contributed by atoms with Crippen LogP contribution in [-0.4, -0.2) is 9.49 Å². The van der Waals surface area contributed by atoms with Crippen molar-refractivity contribution in [3.8, 4) is 0 Å². The normalized spacial score (nSPS) is 14.4. The Kier molecular flexibility index (Phi) is 5.24. The summed E-state index contributed by atoms with van der Waals surface area (Å²) in [6.07, 6.45) is 3.87. The van der Waals surface area contributed by atoms with Crippen LogP contribution in [0.5, 0.6) is 0 Å². The van der Waals surface area contributed by atoms with Crippen molar-refractivity contribution in [1.82, 2.24) is 0 Å². The lowest BCUT2D eigenvalue weighted by molar-refractivity contribution is 0.337. The maximum absolute atomic E-state index is 2.39. The Balaban J connectivity index is 4.36. The van der Waals surface area contributed by atoms with E-state index in [1.165, 1.54) is 19.3 Å². The van der Waals surface area contributed by atoms with Gasteiger partial charge in [-0.25, -0.2) is 0 Å². The van der Waals surface area contributed by atoms with Crippen molar-refractivity contribution in [1.29, 1.82) is 0 Å². The van der Waals surface area contributed by atoms with E-state index in [1.54, 1.807) is 0 Å². The SMILES string of the molecule is CCCC(C)(C)SC(C)(C)CC(C)(C)C. The highest BCUT2D eigenvalue weighted by Gasteiger charge is 2.32. The number of hydrogen-bond acceptors (Lipinski definition) is 1. The summed E-state index contributed by atoms with van der Waals surface area (Å²) in [5.41, 5.74) is 0.429. The van der Waals surface area contributed by atoms with Gasteiger partial charge in [-0.1, -0.05) is 61.8 Å². The summed E-state index contributed by atoms with van der Waals surface area (Å²) in [6.45, 7) is 18.8. The number of rotatable bonds is 5. The number of thioether (sulfide) groups is 1. The van der Waals surface area contributed by atoms with E-state index >= 15 is 0 Å². The third-order valence-corrected chi connectivity index (χ3v) is 3.81. The first-order valence-corrected chi connectivity index (χ1v) is 6.99. The summed E-state index contributed by atoms with van der Waals surface area (Å²) in [5.74, 6) is 0. The molecule has 0 aromatic rings. The molecule has 0 aromatic carbocycles. The van der Waals surface area contributed by atoms with Crippen LogP contribution in [-0.2, 0) is 0 Å². The van der Waals surface area contributed by atoms with Crippen LogP contribution in [0.3, 0.4) is 0 Å². The fourth-order valence-corrected chi connectivity index (χ4v) is 5.02. The zero-order chi connectivity index (χ0) is 12.3. The summed E-state index contributed by atoms with van der Waals surface area (Å²) < 4.78 is 0.806. The molecule has 0 rings (SSSR count). The fraction of sp³-hybridized carbons (Fsp3) is 1.00. The third kappa shape index (κ3) is 8.19. The fourth-order valence-electron chi connectivity index (χ4n) is 2.71. The highest BCUT2D eigenvalue weighted by molar-refractivity contribution is 8.01. The van der Waals surface area contributed by atoms with Crippen LogP contribution in [0.1, 0.15) is 74.7 Å². The average molecular weight is 230 g/mol. The Hall–Kier alpha value is 0.350. The lowest BCUT2D eigenvalue weighted by atomic mass is 9.86. The van der Waals surface area contributed by atoms with E-state index in [0.29, 0.717) is 14.9 Å². The molecule has 0 aromatic heterocycles. The Morgan fingerprint density at radius 2 is 1.27 bits per heavy atom. The smallest absolute Gasteiger partial charge is 0.0114 e. The van der Waals surface area contributed by atoms with Gasteiger partial charge in [0.05, 0.1) is 0 Å². The summed E-state index contributed by atoms with van der Waals surface area (Å²) in [6, 6.07) is 0. The third-order valence-electron chi connectivity index (χ3n) is 2.36. The highest BCUT2D eigenvalue weighted by atomic mass is 32.2. The van der Waals surface area contributed by atoms with Crippen molar-refractivity contribution in [2.75, 3.05) is 0 Å². The van der Waals surface area contributed by atoms with Crippen LogP contribution in [0.15, 0.2) is 0 Å². The topological polar surface area (TPSA) is 0 Å². The molecule has 0 aliphatic carbocycles. The zero-order valence-corrected chi connectivity index (χ0v) is 12.8. The van der Waals surface area contributed by atoms with Crippen LogP contribution >= 0.6 is 11.8 Å². The van der Waals surface area contributed by atoms with E-state index in [1.807, 2.05) is 0 Å². The zero-order valence-electron chi connectivity index (χ0n) is 12.0. The molecule has 0 N–H and O–H groups in total. The van der Waals surface area contributed by atoms with Crippen LogP contribution in [0, 0.1) is 5.41 Å². The van der Waals surface area contributed by atoms with Crippen LogP contribution in [0.25, 0.3) is 0 Å². The second-order valence-electron chi connectivity index (χ2n) is 7.11. The Bertz CT molecular complexity index is 184. The molecule has 0 aliphatic rings. The standard InChI is InChI=1S/C14H30S/c1-9-10-13(5,6)15-14(7,8)11-12(2,3)4/h9-11H2,1-8H3. The van der Waals surface area contributed by atoms with Gasteiger partial charge in [0.1, 0.15) is 0 Å². The van der Waals surface area contributed by atoms with Gasteiger partial charge in [0, 0.05) is 9.49 Å². The highest BCUT2D eigenvalue weighted by Crippen LogP contribution is 2.44. The molecular weight excluding hydrogens is 200 g/mol. The summed E-state index contributed by atoms with van der Waals surface area (Å²) in [7, 11) is 0. The molecule has 0 amide bonds. The second kappa shape index (κ2) is 5.12. The minimum atomic E-state index is 0.386. The molecule has 15 heavy (non-hydrogen) atoms. The quantitative estimate of drug-likeness (QED) is 0.600. The van der Waals surface area contributed by atoms with E-state index in [-0.39, 0.29) is 0 Å². The summed E-state index contributed by atoms with van der Waals surface area (Å²) >= 11 is 2.16. The predicted molar refractivity (Wildman–Crippen MR) is 74.7 cm³/mol. The van der Waals surface area contributed by atoms with Gasteiger partial charge in [-0.15, -0.1) is 11.8 Å². The molecule has 0 fully saturated rings. The van der Waals surface area contributed by atoms with Crippen LogP contribution < -0.4 is 0 Å². The van der Waals surface area contributed by atoms with Crippen molar-refractivity contribution in [2.45, 2.75) is 84.1 Å². The first kappa shape index (κ1) is 15.3. The predicted octanol–water partition coefficient (Wildman–Crippen LogP) is 5.51. The molecule has 0 spiro atoms. The average Bonchev–Trinajstić information content (AvgIpc) is 1.74. The molecule has 0 unspecified atom stereocenters. The Morgan fingerprint density at radius 1 is 0.800 bits per heavy atom. The van der Waals surface area contributed by atoms with E-state index in [9.17, 15) is 0 Å². The molecule has 0 atom stereocenters. The maximum Gasteiger partial charge on any atom is 0.0114 e. The first-order chi connectivity index (χ1) is 6.47. The second-order valence-corrected chi connectivity index (χ2v) is 9.52. The lowest BCUT2D eigenvalue weighted by Crippen LogP contribution is -2.30. The van der Waals surface area contributed by atoms with Crippen molar-refractivity contribution < 1.29 is 0 Å². The molecule has 0 heterocycles. The van der Waals surface area contributed by atoms with Gasteiger partial charge in [0.25, 0.3) is 0 Å². The summed E-state index contributed by atoms with van der Waals surface area (Å²) in [4.78, 5) is 0. The molecule has 0 nitrogen and oxygen atoms in total. The molecule has 0 saturated heterocycles. The lowest BCUT2D eigenvalue weighted by Gasteiger charge is -2.38. The Morgan fingerprint density at radius 3 is 1.60 bits per heavy atom. The molecule has 0 aliphatic heterocycles. The minimum absolute atomic E-state index is 0.386. The van der Waals surface area contributed by atoms with E-state index in [2.05, 4.69) is 67.2 Å². The van der Waals surface area contributed by atoms with Crippen molar-refractivity contribution in [3.05, 3.63) is 0 Å². The van der Waals surface area contributed by atoms with Gasteiger partial charge < -0.3 is 0 Å². The molecule has 0 radical (unpaired) electrons. The molecule has 0 bridgehead atoms. The number of hydrogen-bond donors (Lipinski definition) is 0. The van der Waals surface area contributed by atoms with E-state index < -0.39 is 0 Å². The van der Waals surface area contributed by atoms with Gasteiger partial charge in [-0.3, -0.25) is 0 Å². The Labute approximate surface area is 102 Å². The molecular formula is C14H30S. The van der Waals surface area contributed by atoms with Gasteiger partial charge >= 0.3 is 0 Å². The van der Waals surface area contributed by atoms with Crippen molar-refractivity contribution >= 4 is 11.8 Å². The van der Waals surface area contributed by atoms with E-state index in [4.69, 9.17) is 0 Å². The van der Waals surface area contributed by atoms with Gasteiger partial charge in [-0.05, 0) is 18.3 Å². The van der Waals surface area contributed by atoms with Crippen molar-refractivity contribution in [3.63, 3.8) is 0 Å². The molecule has 92 valence electrons. The molecule has 1 heteroatoms. The monoisotopic (exact) mass is 230 g/mol. The minimum Gasteiger partial charge on any atom is -0.149 e. The van der Waals surface area contributed by atoms with E-state index in [0.717, 1.165) is 0 Å². The first-order valence-electron chi connectivity index (χ1n) is 6.18. The van der Waals surface area contributed by atoms with Crippen LogP contribution in [0.4, 0.5) is 0 Å². The maximum atomic E-state index is 2.39. The summed E-state index contributed by atoms with van der Waals surface area (Å²) in [5, 5.41) is 0. The van der Waals surface area contributed by atoms with Gasteiger partial charge in [-0.2, -0.15) is 0 Å². The van der Waals surface area contributed by atoms with Crippen LogP contribution in [0.2, 0.25) is 0 Å². The van der Waals surface area contributed by atoms with Gasteiger partial charge in [0.15, 0.2) is 0 Å². The van der Waals surface area contributed by atoms with Gasteiger partial charge in [0.2, 0.25) is 0 Å². The largest absolute Gasteiger partial charge is 0.149 e. The van der Waals surface area contributed by atoms with Crippen molar-refractivity contribution in [2.24, 2.45) is 5.41 Å².